The molecule has 6 unspecified atom stereocenters. The number of aromatic amines is 1. The zero-order valence-corrected chi connectivity index (χ0v) is 25.0. The average Bonchev–Trinajstić information content (AvgIpc) is 3.59. The number of hydrogen-bond acceptors (Lipinski definition) is 16. The van der Waals surface area contributed by atoms with Gasteiger partial charge < -0.3 is 44.5 Å². The minimum Gasteiger partial charge on any atom is -0.369 e. The van der Waals surface area contributed by atoms with E-state index in [0.29, 0.717) is 5.69 Å². The molecular weight excluding hydrogens is 671 g/mol. The van der Waals surface area contributed by atoms with E-state index >= 15 is 0 Å². The molecule has 5 heterocycles. The Morgan fingerprint density at radius 1 is 1.17 bits per heavy atom. The number of aryl methyl sites for hydroxylation is 1. The Hall–Kier alpha value is -2.04. The Balaban J connectivity index is 1.38. The number of hydrogen-bond donors (Lipinski definition) is 7. The minimum absolute atomic E-state index is 0.0485. The van der Waals surface area contributed by atoms with Gasteiger partial charge in [0, 0.05) is 5.38 Å². The number of imidazole rings is 1. The first-order chi connectivity index (χ1) is 19.5. The molecule has 2 saturated heterocycles. The van der Waals surface area contributed by atoms with Crippen molar-refractivity contribution in [3.63, 3.8) is 0 Å². The molecule has 42 heavy (non-hydrogen) atoms. The Morgan fingerprint density at radius 3 is 2.55 bits per heavy atom. The maximum atomic E-state index is 12.9. The van der Waals surface area contributed by atoms with Crippen molar-refractivity contribution in [3.05, 3.63) is 22.0 Å². The summed E-state index contributed by atoms with van der Waals surface area (Å²) < 4.78 is 66.0. The van der Waals surface area contributed by atoms with Crippen LogP contribution < -0.4 is 11.1 Å². The molecule has 8 N–H and O–H groups in total. The van der Waals surface area contributed by atoms with Crippen LogP contribution in [0.5, 0.6) is 0 Å². The van der Waals surface area contributed by atoms with Crippen molar-refractivity contribution in [1.29, 1.82) is 0 Å². The predicted octanol–water partition coefficient (Wildman–Crippen LogP) is 0.826. The standard InChI is InChI=1S/C16H20N7O14P3S2/c1-5-3-42-16(19-5)21-11(24)14-34-8-6(2-32-39(28,29)37-40(30,31)36-38(25,26)27)33-13(9(8)35-14)23-4-18-7-10(23)20-15(17)22-12(7)41/h3-4,6,8-9,13-14H,2H2,1H3,(H,28,29)(H,30,31)(H,19,21,24)(H2,25,26,27)(H3,17,20,22,41)/t6?,8?,9?,13?,14-/m1/s1. The van der Waals surface area contributed by atoms with Crippen LogP contribution in [0.15, 0.2) is 11.7 Å². The highest BCUT2D eigenvalue weighted by molar-refractivity contribution is 7.71. The van der Waals surface area contributed by atoms with Gasteiger partial charge in [0.2, 0.25) is 6.29 Å². The molecule has 7 atom stereocenters. The number of nitrogens with one attached hydrogen (secondary N) is 2. The maximum Gasteiger partial charge on any atom is 0.490 e. The summed E-state index contributed by atoms with van der Waals surface area (Å²) in [5.41, 5.74) is 6.94. The van der Waals surface area contributed by atoms with E-state index in [1.54, 1.807) is 12.3 Å². The summed E-state index contributed by atoms with van der Waals surface area (Å²) in [7, 11) is -16.9. The van der Waals surface area contributed by atoms with Gasteiger partial charge in [-0.05, 0) is 6.92 Å². The molecule has 1 amide bonds. The second-order valence-electron chi connectivity index (χ2n) is 8.54. The van der Waals surface area contributed by atoms with Crippen molar-refractivity contribution in [2.45, 2.75) is 37.8 Å². The molecule has 0 spiro atoms. The van der Waals surface area contributed by atoms with Gasteiger partial charge in [-0.25, -0.2) is 28.6 Å². The molecule has 230 valence electrons. The normalized spacial score (nSPS) is 27.0. The zero-order valence-electron chi connectivity index (χ0n) is 20.6. The Bertz CT molecular complexity index is 1730. The fourth-order valence-electron chi connectivity index (χ4n) is 4.01. The SMILES string of the molecule is Cc1csc(NC(=O)[C@@H]2OC3C(COP(=O)(O)OP(=O)(O)OP(=O)(O)O)OC(n4cnc5c(=S)nc(N)[nH]c54)C3O2)n1. The first-order valence-corrected chi connectivity index (χ1v) is 17.0. The highest BCUT2D eigenvalue weighted by Gasteiger charge is 2.56. The number of ether oxygens (including phenoxy) is 3. The average molecular weight is 691 g/mol. The number of H-pyrrole nitrogens is 1. The van der Waals surface area contributed by atoms with Gasteiger partial charge in [-0.2, -0.15) is 8.62 Å². The van der Waals surface area contributed by atoms with Gasteiger partial charge in [0.05, 0.1) is 18.6 Å². The van der Waals surface area contributed by atoms with Crippen LogP contribution in [0.4, 0.5) is 11.1 Å². The van der Waals surface area contributed by atoms with Crippen LogP contribution in [0.2, 0.25) is 0 Å². The van der Waals surface area contributed by atoms with Crippen molar-refractivity contribution in [3.8, 4) is 0 Å². The van der Waals surface area contributed by atoms with E-state index in [1.807, 2.05) is 0 Å². The van der Waals surface area contributed by atoms with Gasteiger partial charge in [0.25, 0.3) is 5.91 Å². The molecule has 0 aromatic carbocycles. The van der Waals surface area contributed by atoms with E-state index < -0.39 is 66.8 Å². The van der Waals surface area contributed by atoms with Crippen LogP contribution in [0, 0.1) is 11.6 Å². The van der Waals surface area contributed by atoms with Crippen LogP contribution in [0.25, 0.3) is 11.2 Å². The molecule has 2 fully saturated rings. The van der Waals surface area contributed by atoms with Crippen LogP contribution >= 0.6 is 47.0 Å². The molecule has 0 saturated carbocycles. The largest absolute Gasteiger partial charge is 0.490 e. The number of nitrogens with two attached hydrogens (primary N) is 1. The molecule has 2 aliphatic rings. The van der Waals surface area contributed by atoms with Gasteiger partial charge in [0.15, 0.2) is 21.9 Å². The predicted molar refractivity (Wildman–Crippen MR) is 140 cm³/mol. The first-order valence-electron chi connectivity index (χ1n) is 11.2. The lowest BCUT2D eigenvalue weighted by molar-refractivity contribution is -0.166. The summed E-state index contributed by atoms with van der Waals surface area (Å²) in [5, 5.41) is 4.52. The lowest BCUT2D eigenvalue weighted by Crippen LogP contribution is -2.34. The van der Waals surface area contributed by atoms with E-state index in [0.717, 1.165) is 11.3 Å². The van der Waals surface area contributed by atoms with Gasteiger partial charge in [-0.15, -0.1) is 11.3 Å². The summed E-state index contributed by atoms with van der Waals surface area (Å²) in [6.45, 7) is 0.850. The molecule has 21 nitrogen and oxygen atoms in total. The lowest BCUT2D eigenvalue weighted by Gasteiger charge is -2.22. The number of phosphoric ester groups is 1. The highest BCUT2D eigenvalue weighted by Crippen LogP contribution is 2.66. The van der Waals surface area contributed by atoms with Gasteiger partial charge in [-0.1, -0.05) is 12.2 Å². The first kappa shape index (κ1) is 31.4. The third-order valence-electron chi connectivity index (χ3n) is 5.47. The molecular formula is C16H20N7O14P3S2. The maximum absolute atomic E-state index is 12.9. The lowest BCUT2D eigenvalue weighted by atomic mass is 10.1. The van der Waals surface area contributed by atoms with Gasteiger partial charge >= 0.3 is 23.5 Å². The van der Waals surface area contributed by atoms with Crippen molar-refractivity contribution in [2.75, 3.05) is 17.7 Å². The molecule has 0 bridgehead atoms. The number of rotatable bonds is 10. The van der Waals surface area contributed by atoms with Crippen molar-refractivity contribution in [2.24, 2.45) is 0 Å². The number of phosphoric acid groups is 3. The van der Waals surface area contributed by atoms with Crippen molar-refractivity contribution < 1.29 is 65.4 Å². The van der Waals surface area contributed by atoms with Crippen molar-refractivity contribution in [1.82, 2.24) is 24.5 Å². The van der Waals surface area contributed by atoms with E-state index in [1.165, 1.54) is 10.9 Å². The highest BCUT2D eigenvalue weighted by atomic mass is 32.1. The molecule has 3 aromatic heterocycles. The Kier molecular flexibility index (Phi) is 8.57. The van der Waals surface area contributed by atoms with E-state index in [9.17, 15) is 28.3 Å². The van der Waals surface area contributed by atoms with Crippen LogP contribution in [-0.4, -0.2) is 81.2 Å². The summed E-state index contributed by atoms with van der Waals surface area (Å²) in [6.07, 6.45) is -4.88. The van der Waals surface area contributed by atoms with Gasteiger partial charge in [-0.3, -0.25) is 19.2 Å². The Labute approximate surface area is 242 Å². The number of carbonyl (C=O) groups excluding carboxylic acids is 1. The fraction of sp³-hybridized carbons (Fsp3) is 0.438. The van der Waals surface area contributed by atoms with Crippen LogP contribution in [0.1, 0.15) is 11.9 Å². The topological polar surface area (TPSA) is 302 Å². The molecule has 26 heteroatoms. The minimum atomic E-state index is -5.76. The number of carbonyl (C=O) groups is 1. The van der Waals surface area contributed by atoms with E-state index in [-0.39, 0.29) is 26.9 Å². The molecule has 2 aliphatic heterocycles. The number of thiazole rings is 1. The van der Waals surface area contributed by atoms with E-state index in [4.69, 9.17) is 46.5 Å². The summed E-state index contributed by atoms with van der Waals surface area (Å²) in [5.74, 6) is -0.778. The van der Waals surface area contributed by atoms with Crippen molar-refractivity contribution >= 4 is 75.2 Å². The van der Waals surface area contributed by atoms with E-state index in [2.05, 4.69) is 33.9 Å². The Morgan fingerprint density at radius 2 is 1.88 bits per heavy atom. The number of nitrogens with zero attached hydrogens (tertiary/aromatic N) is 4. The number of amides is 1. The molecule has 5 rings (SSSR count). The fourth-order valence-corrected chi connectivity index (χ4v) is 7.98. The summed E-state index contributed by atoms with van der Waals surface area (Å²) in [4.78, 5) is 64.6. The molecule has 0 radical (unpaired) electrons. The molecule has 0 aliphatic carbocycles. The van der Waals surface area contributed by atoms with Crippen LogP contribution in [-0.2, 0) is 45.8 Å². The zero-order chi connectivity index (χ0) is 30.6. The smallest absolute Gasteiger partial charge is 0.369 e. The van der Waals surface area contributed by atoms with Gasteiger partial charge in [0.1, 0.15) is 29.5 Å². The number of anilines is 2. The summed E-state index contributed by atoms with van der Waals surface area (Å²) in [6, 6.07) is 0. The monoisotopic (exact) mass is 691 g/mol. The third-order valence-corrected chi connectivity index (χ3v) is 10.4. The number of aromatic nitrogens is 5. The number of nitrogen functional groups attached to an aromatic ring is 1. The second kappa shape index (κ2) is 11.5. The van der Waals surface area contributed by atoms with Crippen LogP contribution in [0.3, 0.4) is 0 Å². The summed E-state index contributed by atoms with van der Waals surface area (Å²) >= 11 is 6.35. The molecule has 3 aromatic rings. The quantitative estimate of drug-likeness (QED) is 0.114. The third kappa shape index (κ3) is 7.02. The second-order valence-corrected chi connectivity index (χ2v) is 14.2. The number of fused-ring (bicyclic) bond motifs is 2.